The van der Waals surface area contributed by atoms with E-state index < -0.39 is 0 Å². The molecule has 1 aromatic heterocycles. The van der Waals surface area contributed by atoms with Crippen LogP contribution in [-0.2, 0) is 13.0 Å². The van der Waals surface area contributed by atoms with Gasteiger partial charge in [0.2, 0.25) is 0 Å². The fourth-order valence-corrected chi connectivity index (χ4v) is 3.38. The van der Waals surface area contributed by atoms with Crippen molar-refractivity contribution < 1.29 is 0 Å². The number of benzene rings is 1. The second-order valence-corrected chi connectivity index (χ2v) is 7.00. The SMILES string of the molecule is CCCCN(CCCC)CCCn1c(CC)nc2ccc(Cl)cc21. The first-order chi connectivity index (χ1) is 11.7. The normalized spacial score (nSPS) is 11.7. The van der Waals surface area contributed by atoms with Crippen molar-refractivity contribution in [2.75, 3.05) is 19.6 Å². The number of unbranched alkanes of at least 4 members (excludes halogenated alkanes) is 2. The summed E-state index contributed by atoms with van der Waals surface area (Å²) in [6, 6.07) is 6.01. The van der Waals surface area contributed by atoms with E-state index in [0.29, 0.717) is 0 Å². The van der Waals surface area contributed by atoms with E-state index in [-0.39, 0.29) is 0 Å². The lowest BCUT2D eigenvalue weighted by atomic mass is 10.2. The van der Waals surface area contributed by atoms with Gasteiger partial charge in [0.25, 0.3) is 0 Å². The number of hydrogen-bond donors (Lipinski definition) is 0. The third-order valence-electron chi connectivity index (χ3n) is 4.62. The van der Waals surface area contributed by atoms with Crippen molar-refractivity contribution in [3.63, 3.8) is 0 Å². The van der Waals surface area contributed by atoms with Crippen molar-refractivity contribution in [1.29, 1.82) is 0 Å². The van der Waals surface area contributed by atoms with Crippen LogP contribution in [0.3, 0.4) is 0 Å². The average Bonchev–Trinajstić information content (AvgIpc) is 2.94. The summed E-state index contributed by atoms with van der Waals surface area (Å²) < 4.78 is 2.36. The Hall–Kier alpha value is -1.06. The lowest BCUT2D eigenvalue weighted by Gasteiger charge is -2.22. The second-order valence-electron chi connectivity index (χ2n) is 6.57. The van der Waals surface area contributed by atoms with E-state index in [0.717, 1.165) is 23.5 Å². The predicted molar refractivity (Wildman–Crippen MR) is 105 cm³/mol. The predicted octanol–water partition coefficient (Wildman–Crippen LogP) is 5.54. The molecule has 0 spiro atoms. The molecule has 0 aliphatic carbocycles. The highest BCUT2D eigenvalue weighted by Crippen LogP contribution is 2.21. The summed E-state index contributed by atoms with van der Waals surface area (Å²) in [6.45, 7) is 11.4. The molecule has 134 valence electrons. The van der Waals surface area contributed by atoms with Crippen molar-refractivity contribution in [2.24, 2.45) is 0 Å². The molecule has 0 saturated heterocycles. The third kappa shape index (κ3) is 5.22. The Morgan fingerprint density at radius 2 is 1.67 bits per heavy atom. The van der Waals surface area contributed by atoms with E-state index in [1.165, 1.54) is 63.1 Å². The van der Waals surface area contributed by atoms with Crippen molar-refractivity contribution >= 4 is 22.6 Å². The van der Waals surface area contributed by atoms with E-state index in [1.807, 2.05) is 12.1 Å². The highest BCUT2D eigenvalue weighted by atomic mass is 35.5. The zero-order valence-corrected chi connectivity index (χ0v) is 16.3. The molecule has 0 bridgehead atoms. The second kappa shape index (κ2) is 10.0. The van der Waals surface area contributed by atoms with Crippen molar-refractivity contribution in [1.82, 2.24) is 14.5 Å². The monoisotopic (exact) mass is 349 g/mol. The van der Waals surface area contributed by atoms with Crippen LogP contribution in [0.5, 0.6) is 0 Å². The summed E-state index contributed by atoms with van der Waals surface area (Å²) in [5.41, 5.74) is 2.23. The Labute approximate surface area is 152 Å². The van der Waals surface area contributed by atoms with E-state index in [4.69, 9.17) is 16.6 Å². The summed E-state index contributed by atoms with van der Waals surface area (Å²) in [7, 11) is 0. The smallest absolute Gasteiger partial charge is 0.109 e. The number of nitrogens with zero attached hydrogens (tertiary/aromatic N) is 3. The molecule has 1 heterocycles. The summed E-state index contributed by atoms with van der Waals surface area (Å²) in [4.78, 5) is 7.39. The van der Waals surface area contributed by atoms with E-state index in [2.05, 4.69) is 36.3 Å². The molecule has 0 amide bonds. The van der Waals surface area contributed by atoms with Gasteiger partial charge in [0.05, 0.1) is 11.0 Å². The molecule has 0 saturated carbocycles. The zero-order valence-electron chi connectivity index (χ0n) is 15.5. The van der Waals surface area contributed by atoms with Gasteiger partial charge in [0.1, 0.15) is 5.82 Å². The lowest BCUT2D eigenvalue weighted by Crippen LogP contribution is -2.28. The van der Waals surface area contributed by atoms with Crippen LogP contribution >= 0.6 is 11.6 Å². The molecule has 24 heavy (non-hydrogen) atoms. The molecule has 2 rings (SSSR count). The van der Waals surface area contributed by atoms with E-state index >= 15 is 0 Å². The maximum Gasteiger partial charge on any atom is 0.109 e. The summed E-state index contributed by atoms with van der Waals surface area (Å²) >= 11 is 6.19. The number of hydrogen-bond acceptors (Lipinski definition) is 2. The van der Waals surface area contributed by atoms with E-state index in [1.54, 1.807) is 0 Å². The minimum atomic E-state index is 0.791. The third-order valence-corrected chi connectivity index (χ3v) is 4.85. The molecule has 3 nitrogen and oxygen atoms in total. The minimum Gasteiger partial charge on any atom is -0.328 e. The van der Waals surface area contributed by atoms with Gasteiger partial charge in [-0.3, -0.25) is 0 Å². The first-order valence-electron chi connectivity index (χ1n) is 9.56. The van der Waals surface area contributed by atoms with E-state index in [9.17, 15) is 0 Å². The van der Waals surface area contributed by atoms with Gasteiger partial charge in [0, 0.05) is 18.0 Å². The van der Waals surface area contributed by atoms with Gasteiger partial charge < -0.3 is 9.47 Å². The molecule has 0 atom stereocenters. The number of imidazole rings is 1. The van der Waals surface area contributed by atoms with Crippen molar-refractivity contribution in [3.05, 3.63) is 29.0 Å². The van der Waals surface area contributed by atoms with Gasteiger partial charge >= 0.3 is 0 Å². The largest absolute Gasteiger partial charge is 0.328 e. The Morgan fingerprint density at radius 1 is 1.00 bits per heavy atom. The van der Waals surface area contributed by atoms with Crippen LogP contribution in [0, 0.1) is 0 Å². The summed E-state index contributed by atoms with van der Waals surface area (Å²) in [5, 5.41) is 0.791. The lowest BCUT2D eigenvalue weighted by molar-refractivity contribution is 0.257. The van der Waals surface area contributed by atoms with Gasteiger partial charge in [-0.1, -0.05) is 45.2 Å². The molecule has 0 fully saturated rings. The maximum atomic E-state index is 6.19. The van der Waals surface area contributed by atoms with Crippen molar-refractivity contribution in [2.45, 2.75) is 65.8 Å². The summed E-state index contributed by atoms with van der Waals surface area (Å²) in [5.74, 6) is 1.17. The van der Waals surface area contributed by atoms with Crippen LogP contribution in [-0.4, -0.2) is 34.1 Å². The standard InChI is InChI=1S/C20H32ClN3/c1-4-7-12-23(13-8-5-2)14-9-15-24-19-16-17(21)10-11-18(19)22-20(24)6-3/h10-11,16H,4-9,12-15H2,1-3H3. The van der Waals surface area contributed by atoms with Gasteiger partial charge in [-0.05, 0) is 57.1 Å². The molecular weight excluding hydrogens is 318 g/mol. The fraction of sp³-hybridized carbons (Fsp3) is 0.650. The minimum absolute atomic E-state index is 0.791. The summed E-state index contributed by atoms with van der Waals surface area (Å²) in [6.07, 6.45) is 7.27. The Kier molecular flexibility index (Phi) is 8.07. The van der Waals surface area contributed by atoms with Crippen LogP contribution in [0.25, 0.3) is 11.0 Å². The van der Waals surface area contributed by atoms with Crippen molar-refractivity contribution in [3.8, 4) is 0 Å². The highest BCUT2D eigenvalue weighted by molar-refractivity contribution is 6.31. The number of aromatic nitrogens is 2. The number of fused-ring (bicyclic) bond motifs is 1. The molecule has 4 heteroatoms. The maximum absolute atomic E-state index is 6.19. The first kappa shape index (κ1) is 19.3. The van der Waals surface area contributed by atoms with Crippen LogP contribution in [0.15, 0.2) is 18.2 Å². The first-order valence-corrected chi connectivity index (χ1v) is 9.94. The quantitative estimate of drug-likeness (QED) is 0.530. The number of halogens is 1. The molecule has 0 aliphatic heterocycles. The fourth-order valence-electron chi connectivity index (χ4n) is 3.22. The Balaban J connectivity index is 2.01. The molecule has 2 aromatic rings. The molecule has 0 unspecified atom stereocenters. The highest BCUT2D eigenvalue weighted by Gasteiger charge is 2.10. The Morgan fingerprint density at radius 3 is 2.29 bits per heavy atom. The van der Waals surface area contributed by atoms with Crippen LogP contribution < -0.4 is 0 Å². The molecular formula is C20H32ClN3. The number of rotatable bonds is 11. The van der Waals surface area contributed by atoms with Crippen LogP contribution in [0.1, 0.15) is 58.7 Å². The van der Waals surface area contributed by atoms with Crippen LogP contribution in [0.2, 0.25) is 5.02 Å². The number of aryl methyl sites for hydroxylation is 2. The topological polar surface area (TPSA) is 21.1 Å². The molecule has 0 N–H and O–H groups in total. The molecule has 0 radical (unpaired) electrons. The zero-order chi connectivity index (χ0) is 17.4. The average molecular weight is 350 g/mol. The molecule has 1 aromatic carbocycles. The van der Waals surface area contributed by atoms with Gasteiger partial charge in [0.15, 0.2) is 0 Å². The Bertz CT molecular complexity index is 613. The van der Waals surface area contributed by atoms with Gasteiger partial charge in [-0.2, -0.15) is 0 Å². The van der Waals surface area contributed by atoms with Crippen LogP contribution in [0.4, 0.5) is 0 Å². The van der Waals surface area contributed by atoms with Gasteiger partial charge in [-0.15, -0.1) is 0 Å². The van der Waals surface area contributed by atoms with Gasteiger partial charge in [-0.25, -0.2) is 4.98 Å². The molecule has 0 aliphatic rings.